The molecule has 0 aromatic carbocycles. The van der Waals surface area contributed by atoms with Crippen LogP contribution in [-0.4, -0.2) is 10.4 Å². The van der Waals surface area contributed by atoms with Crippen LogP contribution in [0.2, 0.25) is 0 Å². The summed E-state index contributed by atoms with van der Waals surface area (Å²) in [5.41, 5.74) is 4.87. The molecule has 102 valence electrons. The second-order valence-electron chi connectivity index (χ2n) is 2.83. The Morgan fingerprint density at radius 2 is 1.06 bits per heavy atom. The van der Waals surface area contributed by atoms with Crippen LogP contribution in [0.3, 0.4) is 0 Å². The molecule has 0 aromatic rings. The van der Waals surface area contributed by atoms with Gasteiger partial charge in [0.2, 0.25) is 0 Å². The van der Waals surface area contributed by atoms with Crippen LogP contribution >= 0.6 is 0 Å². The van der Waals surface area contributed by atoms with Crippen molar-refractivity contribution in [3.05, 3.63) is 32.6 Å². The van der Waals surface area contributed by atoms with E-state index >= 15 is 0 Å². The molecule has 0 rings (SSSR count). The molecular formula is C8H16N4O4Pd. The zero-order valence-electron chi connectivity index (χ0n) is 9.92. The second-order valence-corrected chi connectivity index (χ2v) is 2.83. The van der Waals surface area contributed by atoms with E-state index in [4.69, 9.17) is 10.4 Å². The molecule has 0 saturated heterocycles. The third kappa shape index (κ3) is 11.1. The van der Waals surface area contributed by atoms with Gasteiger partial charge in [0, 0.05) is 20.4 Å². The Morgan fingerprint density at radius 1 is 0.824 bits per heavy atom. The Kier molecular flexibility index (Phi) is 16.1. The second kappa shape index (κ2) is 12.9. The van der Waals surface area contributed by atoms with E-state index in [1.165, 1.54) is 13.8 Å². The molecule has 0 unspecified atom stereocenters. The minimum Gasteiger partial charge on any atom is -0.291 e. The molecule has 0 aromatic heterocycles. The monoisotopic (exact) mass is 338 g/mol. The third-order valence-electron chi connectivity index (χ3n) is 1.69. The Labute approximate surface area is 113 Å². The zero-order valence-corrected chi connectivity index (χ0v) is 11.5. The first-order chi connectivity index (χ1) is 7.44. The standard InChI is InChI=1S/2C4H8N2O2.Pd/c2*1-3(5-7)4(2)6-8;/h2*5,7H,1-2H3;/b2*4-3-;. The summed E-state index contributed by atoms with van der Waals surface area (Å²) in [5.74, 6) is 0. The number of nitroso groups, excluding NO2 is 2. The number of hydrogen-bond acceptors (Lipinski definition) is 8. The van der Waals surface area contributed by atoms with Crippen molar-refractivity contribution < 1.29 is 30.8 Å². The molecular weight excluding hydrogens is 323 g/mol. The molecule has 0 spiro atoms. The van der Waals surface area contributed by atoms with Crippen LogP contribution in [0.1, 0.15) is 27.7 Å². The first-order valence-corrected chi connectivity index (χ1v) is 4.26. The van der Waals surface area contributed by atoms with Gasteiger partial charge in [-0.25, -0.2) is 0 Å². The molecule has 17 heavy (non-hydrogen) atoms. The van der Waals surface area contributed by atoms with Gasteiger partial charge in [0.1, 0.15) is 11.4 Å². The Hall–Kier alpha value is -1.14. The van der Waals surface area contributed by atoms with Gasteiger partial charge in [0.15, 0.2) is 0 Å². The predicted octanol–water partition coefficient (Wildman–Crippen LogP) is 1.96. The molecule has 0 saturated carbocycles. The number of nitrogens with zero attached hydrogens (tertiary/aromatic N) is 2. The van der Waals surface area contributed by atoms with E-state index in [-0.39, 0.29) is 31.8 Å². The van der Waals surface area contributed by atoms with E-state index in [0.717, 1.165) is 0 Å². The fourth-order valence-corrected chi connectivity index (χ4v) is 0.299. The molecule has 0 amide bonds. The Balaban J connectivity index is -0.000000218. The first kappa shape index (κ1) is 21.2. The summed E-state index contributed by atoms with van der Waals surface area (Å²) in [4.78, 5) is 19.3. The normalized spacial score (nSPS) is 11.6. The molecule has 0 radical (unpaired) electrons. The summed E-state index contributed by atoms with van der Waals surface area (Å²) in [6, 6.07) is 0. The van der Waals surface area contributed by atoms with Crippen molar-refractivity contribution in [2.24, 2.45) is 10.4 Å². The van der Waals surface area contributed by atoms with Crippen molar-refractivity contribution in [1.82, 2.24) is 11.0 Å². The molecule has 0 fully saturated rings. The third-order valence-corrected chi connectivity index (χ3v) is 1.69. The van der Waals surface area contributed by atoms with Gasteiger partial charge in [0.05, 0.1) is 11.4 Å². The molecule has 8 nitrogen and oxygen atoms in total. The average Bonchev–Trinajstić information content (AvgIpc) is 2.35. The van der Waals surface area contributed by atoms with Gasteiger partial charge in [-0.15, -0.1) is 9.81 Å². The van der Waals surface area contributed by atoms with Crippen LogP contribution in [-0.2, 0) is 20.4 Å². The molecule has 9 heteroatoms. The smallest absolute Gasteiger partial charge is 0.103 e. The maximum absolute atomic E-state index is 9.65. The van der Waals surface area contributed by atoms with E-state index in [1.54, 1.807) is 24.8 Å². The Bertz CT molecular complexity index is 274. The molecule has 0 aliphatic rings. The van der Waals surface area contributed by atoms with Crippen molar-refractivity contribution in [3.63, 3.8) is 0 Å². The summed E-state index contributed by atoms with van der Waals surface area (Å²) < 4.78 is 0. The zero-order chi connectivity index (χ0) is 13.1. The predicted molar refractivity (Wildman–Crippen MR) is 58.2 cm³/mol. The number of nitrogens with one attached hydrogen (secondary N) is 2. The molecule has 0 bridgehead atoms. The summed E-state index contributed by atoms with van der Waals surface area (Å²) >= 11 is 0. The largest absolute Gasteiger partial charge is 0.291 e. The summed E-state index contributed by atoms with van der Waals surface area (Å²) in [7, 11) is 0. The van der Waals surface area contributed by atoms with Crippen LogP contribution in [0.25, 0.3) is 0 Å². The fourth-order valence-electron chi connectivity index (χ4n) is 0.299. The van der Waals surface area contributed by atoms with Gasteiger partial charge in [0.25, 0.3) is 0 Å². The topological polar surface area (TPSA) is 123 Å². The van der Waals surface area contributed by atoms with Gasteiger partial charge in [-0.2, -0.15) is 0 Å². The van der Waals surface area contributed by atoms with Gasteiger partial charge in [-0.1, -0.05) is 0 Å². The molecule has 0 aliphatic heterocycles. The quantitative estimate of drug-likeness (QED) is 0.353. The summed E-state index contributed by atoms with van der Waals surface area (Å²) in [6.07, 6.45) is 0. The number of rotatable bonds is 4. The van der Waals surface area contributed by atoms with Crippen molar-refractivity contribution in [1.29, 1.82) is 0 Å². The average molecular weight is 339 g/mol. The van der Waals surface area contributed by atoms with Gasteiger partial charge < -0.3 is 0 Å². The van der Waals surface area contributed by atoms with Crippen LogP contribution < -0.4 is 11.0 Å². The van der Waals surface area contributed by atoms with Crippen molar-refractivity contribution in [3.8, 4) is 0 Å². The van der Waals surface area contributed by atoms with Crippen LogP contribution in [0, 0.1) is 9.81 Å². The van der Waals surface area contributed by atoms with E-state index < -0.39 is 0 Å². The van der Waals surface area contributed by atoms with Crippen LogP contribution in [0.4, 0.5) is 0 Å². The minimum absolute atomic E-state index is 0. The van der Waals surface area contributed by atoms with Crippen LogP contribution in [0.5, 0.6) is 0 Å². The Morgan fingerprint density at radius 3 is 1.12 bits per heavy atom. The first-order valence-electron chi connectivity index (χ1n) is 4.26. The SMILES string of the molecule is C/C(N=O)=C(\C)NO.C/C(N=O)=C(\C)NO.[Pd]. The molecule has 4 N–H and O–H groups in total. The van der Waals surface area contributed by atoms with E-state index in [1.807, 2.05) is 0 Å². The summed E-state index contributed by atoms with van der Waals surface area (Å²) in [5, 5.41) is 21.4. The van der Waals surface area contributed by atoms with E-state index in [9.17, 15) is 9.81 Å². The number of hydroxylamine groups is 2. The number of hydrogen-bond donors (Lipinski definition) is 4. The van der Waals surface area contributed by atoms with E-state index in [2.05, 4.69) is 10.4 Å². The van der Waals surface area contributed by atoms with Crippen LogP contribution in [0.15, 0.2) is 33.1 Å². The maximum atomic E-state index is 9.65. The van der Waals surface area contributed by atoms with E-state index in [0.29, 0.717) is 11.4 Å². The molecule has 0 aliphatic carbocycles. The summed E-state index contributed by atoms with van der Waals surface area (Å²) in [6.45, 7) is 6.12. The number of allylic oxidation sites excluding steroid dienone is 4. The molecule has 0 heterocycles. The molecule has 0 atom stereocenters. The van der Waals surface area contributed by atoms with Gasteiger partial charge in [-0.05, 0) is 38.0 Å². The maximum Gasteiger partial charge on any atom is 0.103 e. The van der Waals surface area contributed by atoms with Gasteiger partial charge >= 0.3 is 0 Å². The fraction of sp³-hybridized carbons (Fsp3) is 0.500. The van der Waals surface area contributed by atoms with Gasteiger partial charge in [-0.3, -0.25) is 21.4 Å². The van der Waals surface area contributed by atoms with Crippen molar-refractivity contribution in [2.45, 2.75) is 27.7 Å². The van der Waals surface area contributed by atoms with Crippen molar-refractivity contribution in [2.75, 3.05) is 0 Å². The van der Waals surface area contributed by atoms with Crippen molar-refractivity contribution >= 4 is 0 Å². The minimum atomic E-state index is 0.